The van der Waals surface area contributed by atoms with Gasteiger partial charge in [0.1, 0.15) is 12.1 Å². The first-order valence-corrected chi connectivity index (χ1v) is 16.1. The van der Waals surface area contributed by atoms with Crippen LogP contribution in [-0.2, 0) is 27.2 Å². The van der Waals surface area contributed by atoms with Gasteiger partial charge in [0.15, 0.2) is 11.5 Å². The number of carboxylic acid groups (broad SMARTS) is 1. The number of benzene rings is 2. The number of aliphatic carboxylic acids is 1. The third kappa shape index (κ3) is 7.18. The Morgan fingerprint density at radius 3 is 2.39 bits per heavy atom. The maximum Gasteiger partial charge on any atom is 0.326 e. The molecule has 3 atom stereocenters. The number of methoxy groups -OCH3 is 3. The first-order chi connectivity index (χ1) is 23.5. The Morgan fingerprint density at radius 1 is 1.00 bits per heavy atom. The predicted octanol–water partition coefficient (Wildman–Crippen LogP) is 4.59. The topological polar surface area (TPSA) is 168 Å². The number of anilines is 1. The van der Waals surface area contributed by atoms with E-state index in [4.69, 9.17) is 14.2 Å². The fraction of sp³-hybridized carbons (Fsp3) is 0.351. The number of carbonyl (C=O) groups excluding carboxylic acids is 2. The number of hydrogen-bond donors (Lipinski definition) is 5. The van der Waals surface area contributed by atoms with Gasteiger partial charge in [0.2, 0.25) is 23.0 Å². The lowest BCUT2D eigenvalue weighted by Crippen LogP contribution is -2.50. The standard InChI is InChI=1S/C37H42N4O8/c1-19(2)33(36(44)41-29(37(45)46)15-22-18-38-26-10-8-7-9-23(22)26)40-28-14-12-24-25(17-30(28)43)27(39-20(3)42)13-11-21-16-31(47-4)34(48-5)35(49-6)32(21)24/h7-10,12,14,16-19,27,29,33,38H,11,13,15H2,1-6H3,(H,39,42)(H,40,43)(H,41,44)(H,45,46)/t27-,29-,33-/m1/s1. The summed E-state index contributed by atoms with van der Waals surface area (Å²) in [4.78, 5) is 55.3. The smallest absolute Gasteiger partial charge is 0.326 e. The minimum absolute atomic E-state index is 0.0652. The fourth-order valence-corrected chi connectivity index (χ4v) is 6.51. The summed E-state index contributed by atoms with van der Waals surface area (Å²) < 4.78 is 17.1. The molecule has 0 spiro atoms. The van der Waals surface area contributed by atoms with Crippen LogP contribution in [0.1, 0.15) is 49.9 Å². The molecule has 1 aliphatic rings. The SMILES string of the molecule is COc1cc2c(c(OC)c1OC)-c1ccc(N[C@@H](C(=O)N[C@H](Cc3c[nH]c4ccccc34)C(=O)O)C(C)C)c(=O)cc1[C@H](NC(C)=O)CC2. The van der Waals surface area contributed by atoms with Gasteiger partial charge in [0, 0.05) is 36.0 Å². The molecule has 0 aliphatic heterocycles. The van der Waals surface area contributed by atoms with E-state index in [1.165, 1.54) is 34.3 Å². The van der Waals surface area contributed by atoms with Crippen molar-refractivity contribution < 1.29 is 33.7 Å². The van der Waals surface area contributed by atoms with Crippen LogP contribution in [0.4, 0.5) is 5.69 Å². The van der Waals surface area contributed by atoms with E-state index in [1.807, 2.05) is 44.2 Å². The molecule has 2 amide bonds. The quantitative estimate of drug-likeness (QED) is 0.145. The van der Waals surface area contributed by atoms with Gasteiger partial charge in [-0.05, 0) is 65.3 Å². The highest BCUT2D eigenvalue weighted by Crippen LogP contribution is 2.50. The third-order valence-corrected chi connectivity index (χ3v) is 8.89. The Hall–Kier alpha value is -5.52. The highest BCUT2D eigenvalue weighted by molar-refractivity contribution is 5.90. The lowest BCUT2D eigenvalue weighted by Gasteiger charge is -2.24. The summed E-state index contributed by atoms with van der Waals surface area (Å²) >= 11 is 0. The van der Waals surface area contributed by atoms with Crippen molar-refractivity contribution in [3.8, 4) is 28.4 Å². The molecule has 0 bridgehead atoms. The number of fused-ring (bicyclic) bond motifs is 4. The van der Waals surface area contributed by atoms with Gasteiger partial charge in [0.05, 0.1) is 33.1 Å². The molecule has 1 heterocycles. The van der Waals surface area contributed by atoms with Crippen molar-refractivity contribution in [2.75, 3.05) is 26.6 Å². The average molecular weight is 671 g/mol. The van der Waals surface area contributed by atoms with Crippen LogP contribution < -0.4 is 35.6 Å². The Kier molecular flexibility index (Phi) is 10.5. The summed E-state index contributed by atoms with van der Waals surface area (Å²) in [5.74, 6) is -1.02. The molecule has 0 fully saturated rings. The molecule has 12 heteroatoms. The van der Waals surface area contributed by atoms with Crippen LogP contribution in [0.2, 0.25) is 0 Å². The highest BCUT2D eigenvalue weighted by atomic mass is 16.5. The zero-order valence-electron chi connectivity index (χ0n) is 28.4. The number of aromatic nitrogens is 1. The summed E-state index contributed by atoms with van der Waals surface area (Å²) in [7, 11) is 4.58. The number of carboxylic acids is 1. The summed E-state index contributed by atoms with van der Waals surface area (Å²) in [6, 6.07) is 11.6. The molecule has 1 aromatic heterocycles. The Labute approximate surface area is 284 Å². The number of nitrogens with one attached hydrogen (secondary N) is 4. The second-order valence-corrected chi connectivity index (χ2v) is 12.4. The number of aromatic amines is 1. The predicted molar refractivity (Wildman–Crippen MR) is 187 cm³/mol. The second-order valence-electron chi connectivity index (χ2n) is 12.4. The van der Waals surface area contributed by atoms with E-state index >= 15 is 0 Å². The number of para-hydroxylation sites is 1. The van der Waals surface area contributed by atoms with Gasteiger partial charge in [-0.3, -0.25) is 14.4 Å². The van der Waals surface area contributed by atoms with Crippen LogP contribution in [0.25, 0.3) is 22.0 Å². The molecule has 5 rings (SSSR count). The first-order valence-electron chi connectivity index (χ1n) is 16.1. The molecule has 0 saturated carbocycles. The summed E-state index contributed by atoms with van der Waals surface area (Å²) in [6.45, 7) is 5.04. The molecule has 258 valence electrons. The molecule has 12 nitrogen and oxygen atoms in total. The van der Waals surface area contributed by atoms with Crippen LogP contribution in [0.5, 0.6) is 17.2 Å². The van der Waals surface area contributed by atoms with Gasteiger partial charge in [0.25, 0.3) is 0 Å². The van der Waals surface area contributed by atoms with E-state index in [-0.39, 0.29) is 23.9 Å². The maximum atomic E-state index is 13.9. The number of amides is 2. The van der Waals surface area contributed by atoms with Crippen LogP contribution >= 0.6 is 0 Å². The molecule has 0 saturated heterocycles. The van der Waals surface area contributed by atoms with Crippen LogP contribution in [0.3, 0.4) is 0 Å². The lowest BCUT2D eigenvalue weighted by molar-refractivity contribution is -0.142. The van der Waals surface area contributed by atoms with Gasteiger partial charge in [-0.1, -0.05) is 38.1 Å². The van der Waals surface area contributed by atoms with Gasteiger partial charge >= 0.3 is 5.97 Å². The summed E-state index contributed by atoms with van der Waals surface area (Å²) in [5.41, 5.74) is 4.15. The van der Waals surface area contributed by atoms with Gasteiger partial charge in [-0.15, -0.1) is 0 Å². The molecule has 3 aromatic carbocycles. The number of aryl methyl sites for hydroxylation is 1. The molecule has 0 unspecified atom stereocenters. The van der Waals surface area contributed by atoms with Crippen LogP contribution in [-0.4, -0.2) is 61.3 Å². The Balaban J connectivity index is 1.53. The lowest BCUT2D eigenvalue weighted by atomic mass is 9.95. The fourth-order valence-electron chi connectivity index (χ4n) is 6.51. The van der Waals surface area contributed by atoms with Crippen molar-refractivity contribution in [3.63, 3.8) is 0 Å². The summed E-state index contributed by atoms with van der Waals surface area (Å²) in [6.07, 6.45) is 2.85. The van der Waals surface area contributed by atoms with Crippen LogP contribution in [0, 0.1) is 5.92 Å². The van der Waals surface area contributed by atoms with E-state index in [1.54, 1.807) is 18.3 Å². The van der Waals surface area contributed by atoms with Crippen molar-refractivity contribution in [1.29, 1.82) is 0 Å². The number of ether oxygens (including phenoxy) is 3. The molecule has 0 radical (unpaired) electrons. The minimum atomic E-state index is -1.21. The Bertz CT molecular complexity index is 1950. The normalized spacial score (nSPS) is 14.9. The molecular formula is C37H42N4O8. The van der Waals surface area contributed by atoms with Gasteiger partial charge < -0.3 is 40.3 Å². The van der Waals surface area contributed by atoms with Crippen LogP contribution in [0.15, 0.2) is 59.5 Å². The molecular weight excluding hydrogens is 628 g/mol. The molecule has 49 heavy (non-hydrogen) atoms. The number of rotatable bonds is 12. The van der Waals surface area contributed by atoms with E-state index in [2.05, 4.69) is 20.9 Å². The highest BCUT2D eigenvalue weighted by Gasteiger charge is 2.31. The minimum Gasteiger partial charge on any atom is -0.493 e. The van der Waals surface area contributed by atoms with Gasteiger partial charge in [-0.2, -0.15) is 0 Å². The second kappa shape index (κ2) is 14.7. The van der Waals surface area contributed by atoms with Crippen molar-refractivity contribution in [2.24, 2.45) is 5.92 Å². The van der Waals surface area contributed by atoms with Crippen molar-refractivity contribution in [3.05, 3.63) is 81.6 Å². The summed E-state index contributed by atoms with van der Waals surface area (Å²) in [5, 5.41) is 19.7. The monoisotopic (exact) mass is 670 g/mol. The van der Waals surface area contributed by atoms with Crippen molar-refractivity contribution >= 4 is 34.4 Å². The zero-order valence-corrected chi connectivity index (χ0v) is 28.4. The number of H-pyrrole nitrogens is 1. The van der Waals surface area contributed by atoms with Gasteiger partial charge in [-0.25, -0.2) is 4.79 Å². The number of carbonyl (C=O) groups is 3. The molecule has 5 N–H and O–H groups in total. The van der Waals surface area contributed by atoms with E-state index in [9.17, 15) is 24.3 Å². The maximum absolute atomic E-state index is 13.9. The number of hydrogen-bond acceptors (Lipinski definition) is 8. The first kappa shape index (κ1) is 34.8. The Morgan fingerprint density at radius 2 is 1.73 bits per heavy atom. The largest absolute Gasteiger partial charge is 0.493 e. The molecule has 4 aromatic rings. The van der Waals surface area contributed by atoms with E-state index in [0.717, 1.165) is 22.0 Å². The van der Waals surface area contributed by atoms with Crippen molar-refractivity contribution in [1.82, 2.24) is 15.6 Å². The third-order valence-electron chi connectivity index (χ3n) is 8.89. The average Bonchev–Trinajstić information content (AvgIpc) is 3.33. The van der Waals surface area contributed by atoms with Crippen molar-refractivity contribution in [2.45, 2.75) is 58.2 Å². The molecule has 1 aliphatic carbocycles. The zero-order chi connectivity index (χ0) is 35.4. The van der Waals surface area contributed by atoms with E-state index < -0.39 is 35.4 Å². The van der Waals surface area contributed by atoms with E-state index in [0.29, 0.717) is 46.8 Å².